The number of aryl methyl sites for hydroxylation is 1. The van der Waals surface area contributed by atoms with Crippen LogP contribution in [-0.4, -0.2) is 42.8 Å². The van der Waals surface area contributed by atoms with Gasteiger partial charge in [0.15, 0.2) is 5.58 Å². The Labute approximate surface area is 117 Å². The molecule has 0 unspecified atom stereocenters. The van der Waals surface area contributed by atoms with Crippen LogP contribution in [0.5, 0.6) is 0 Å². The number of nitrogens with one attached hydrogen (secondary N) is 1. The first kappa shape index (κ1) is 12.9. The maximum absolute atomic E-state index is 6.11. The molecule has 3 rings (SSSR count). The molecule has 1 aliphatic heterocycles. The van der Waals surface area contributed by atoms with Crippen molar-refractivity contribution >= 4 is 22.6 Å². The zero-order valence-electron chi connectivity index (χ0n) is 11.1. The standard InChI is InChI=1S/C14H18ClN3O/c1-10-8-11(15)9-12-13(17-19-14(10)12)2-5-18-6-3-16-4-7-18/h8-9,16H,2-7H2,1H3. The molecule has 1 aliphatic rings. The molecule has 0 bridgehead atoms. The number of benzene rings is 1. The van der Waals surface area contributed by atoms with E-state index in [0.29, 0.717) is 0 Å². The zero-order valence-corrected chi connectivity index (χ0v) is 11.8. The Morgan fingerprint density at radius 1 is 1.37 bits per heavy atom. The average Bonchev–Trinajstić information content (AvgIpc) is 2.81. The molecule has 5 heteroatoms. The normalized spacial score (nSPS) is 17.2. The van der Waals surface area contributed by atoms with Crippen LogP contribution >= 0.6 is 11.6 Å². The van der Waals surface area contributed by atoms with E-state index in [-0.39, 0.29) is 0 Å². The molecule has 1 aromatic carbocycles. The van der Waals surface area contributed by atoms with Crippen molar-refractivity contribution in [1.82, 2.24) is 15.4 Å². The third-order valence-corrected chi connectivity index (χ3v) is 3.89. The highest BCUT2D eigenvalue weighted by Crippen LogP contribution is 2.26. The van der Waals surface area contributed by atoms with Crippen molar-refractivity contribution in [2.75, 3.05) is 32.7 Å². The molecule has 1 fully saturated rings. The molecule has 1 aromatic heterocycles. The zero-order chi connectivity index (χ0) is 13.2. The Bertz CT molecular complexity index is 575. The summed E-state index contributed by atoms with van der Waals surface area (Å²) in [6.07, 6.45) is 0.910. The van der Waals surface area contributed by atoms with E-state index < -0.39 is 0 Å². The highest BCUT2D eigenvalue weighted by Gasteiger charge is 2.14. The largest absolute Gasteiger partial charge is 0.356 e. The molecule has 19 heavy (non-hydrogen) atoms. The van der Waals surface area contributed by atoms with Crippen molar-refractivity contribution in [2.45, 2.75) is 13.3 Å². The van der Waals surface area contributed by atoms with Gasteiger partial charge in [-0.25, -0.2) is 0 Å². The van der Waals surface area contributed by atoms with Gasteiger partial charge in [0.25, 0.3) is 0 Å². The maximum Gasteiger partial charge on any atom is 0.170 e. The Balaban J connectivity index is 1.77. The molecule has 0 amide bonds. The smallest absolute Gasteiger partial charge is 0.170 e. The van der Waals surface area contributed by atoms with Crippen LogP contribution in [0, 0.1) is 6.92 Å². The first-order chi connectivity index (χ1) is 9.24. The van der Waals surface area contributed by atoms with Gasteiger partial charge in [-0.15, -0.1) is 0 Å². The molecule has 102 valence electrons. The summed E-state index contributed by atoms with van der Waals surface area (Å²) in [7, 11) is 0. The third kappa shape index (κ3) is 2.76. The molecule has 0 radical (unpaired) electrons. The van der Waals surface area contributed by atoms with Crippen LogP contribution in [0.2, 0.25) is 5.02 Å². The van der Waals surface area contributed by atoms with Crippen molar-refractivity contribution in [3.63, 3.8) is 0 Å². The quantitative estimate of drug-likeness (QED) is 0.936. The highest BCUT2D eigenvalue weighted by atomic mass is 35.5. The van der Waals surface area contributed by atoms with Crippen LogP contribution in [0.15, 0.2) is 16.7 Å². The third-order valence-electron chi connectivity index (χ3n) is 3.67. The first-order valence-electron chi connectivity index (χ1n) is 6.71. The Hall–Kier alpha value is -1.10. The fourth-order valence-electron chi connectivity index (χ4n) is 2.59. The first-order valence-corrected chi connectivity index (χ1v) is 7.09. The molecule has 0 atom stereocenters. The van der Waals surface area contributed by atoms with Crippen LogP contribution in [-0.2, 0) is 6.42 Å². The van der Waals surface area contributed by atoms with Crippen molar-refractivity contribution in [2.24, 2.45) is 0 Å². The number of aromatic nitrogens is 1. The number of hydrogen-bond acceptors (Lipinski definition) is 4. The number of halogens is 1. The monoisotopic (exact) mass is 279 g/mol. The minimum Gasteiger partial charge on any atom is -0.356 e. The summed E-state index contributed by atoms with van der Waals surface area (Å²) in [6, 6.07) is 3.86. The van der Waals surface area contributed by atoms with Gasteiger partial charge >= 0.3 is 0 Å². The summed E-state index contributed by atoms with van der Waals surface area (Å²) in [6.45, 7) is 7.38. The Morgan fingerprint density at radius 2 is 2.16 bits per heavy atom. The summed E-state index contributed by atoms with van der Waals surface area (Å²) in [5.74, 6) is 0. The topological polar surface area (TPSA) is 41.3 Å². The van der Waals surface area contributed by atoms with Gasteiger partial charge in [0.2, 0.25) is 0 Å². The molecule has 0 saturated carbocycles. The minimum atomic E-state index is 0.747. The SMILES string of the molecule is Cc1cc(Cl)cc2c(CCN3CCNCC3)noc12. The fourth-order valence-corrected chi connectivity index (χ4v) is 2.87. The van der Waals surface area contributed by atoms with E-state index in [1.54, 1.807) is 0 Å². The fraction of sp³-hybridized carbons (Fsp3) is 0.500. The molecule has 0 aliphatic carbocycles. The van der Waals surface area contributed by atoms with Gasteiger partial charge in [-0.2, -0.15) is 0 Å². The molecule has 1 N–H and O–H groups in total. The molecule has 1 saturated heterocycles. The Morgan fingerprint density at radius 3 is 2.95 bits per heavy atom. The van der Waals surface area contributed by atoms with Gasteiger partial charge in [-0.05, 0) is 24.6 Å². The number of fused-ring (bicyclic) bond motifs is 1. The lowest BCUT2D eigenvalue weighted by molar-refractivity contribution is 0.242. The maximum atomic E-state index is 6.11. The van der Waals surface area contributed by atoms with E-state index >= 15 is 0 Å². The number of nitrogens with zero attached hydrogens (tertiary/aromatic N) is 2. The van der Waals surface area contributed by atoms with Gasteiger partial charge in [-0.1, -0.05) is 16.8 Å². The lowest BCUT2D eigenvalue weighted by Crippen LogP contribution is -2.44. The lowest BCUT2D eigenvalue weighted by atomic mass is 10.1. The van der Waals surface area contributed by atoms with E-state index in [9.17, 15) is 0 Å². The van der Waals surface area contributed by atoms with Crippen LogP contribution < -0.4 is 5.32 Å². The van der Waals surface area contributed by atoms with Crippen LogP contribution in [0.25, 0.3) is 11.0 Å². The van der Waals surface area contributed by atoms with Gasteiger partial charge in [0.1, 0.15) is 0 Å². The minimum absolute atomic E-state index is 0.747. The van der Waals surface area contributed by atoms with E-state index in [0.717, 1.165) is 66.4 Å². The van der Waals surface area contributed by atoms with Gasteiger partial charge in [-0.3, -0.25) is 0 Å². The van der Waals surface area contributed by atoms with Gasteiger partial charge < -0.3 is 14.7 Å². The van der Waals surface area contributed by atoms with Crippen LogP contribution in [0.4, 0.5) is 0 Å². The summed E-state index contributed by atoms with van der Waals surface area (Å²) in [5.41, 5.74) is 2.92. The van der Waals surface area contributed by atoms with Crippen LogP contribution in [0.1, 0.15) is 11.3 Å². The average molecular weight is 280 g/mol. The molecule has 4 nitrogen and oxygen atoms in total. The van der Waals surface area contributed by atoms with E-state index in [1.165, 1.54) is 0 Å². The van der Waals surface area contributed by atoms with Crippen molar-refractivity contribution in [3.8, 4) is 0 Å². The van der Waals surface area contributed by atoms with Gasteiger partial charge in [0, 0.05) is 49.6 Å². The molecule has 0 spiro atoms. The second kappa shape index (κ2) is 5.49. The summed E-state index contributed by atoms with van der Waals surface area (Å²) in [4.78, 5) is 2.45. The molecule has 2 aromatic rings. The summed E-state index contributed by atoms with van der Waals surface area (Å²) in [5, 5.41) is 9.37. The summed E-state index contributed by atoms with van der Waals surface area (Å²) >= 11 is 6.11. The van der Waals surface area contributed by atoms with Crippen molar-refractivity contribution in [1.29, 1.82) is 0 Å². The summed E-state index contributed by atoms with van der Waals surface area (Å²) < 4.78 is 5.44. The van der Waals surface area contributed by atoms with E-state index in [4.69, 9.17) is 16.1 Å². The second-order valence-corrected chi connectivity index (χ2v) is 5.51. The van der Waals surface area contributed by atoms with Crippen LogP contribution in [0.3, 0.4) is 0 Å². The van der Waals surface area contributed by atoms with E-state index in [2.05, 4.69) is 15.4 Å². The predicted octanol–water partition coefficient (Wildman–Crippen LogP) is 2.24. The Kier molecular flexibility index (Phi) is 3.73. The lowest BCUT2D eigenvalue weighted by Gasteiger charge is -2.26. The molecular formula is C14H18ClN3O. The number of rotatable bonds is 3. The van der Waals surface area contributed by atoms with Crippen molar-refractivity contribution in [3.05, 3.63) is 28.4 Å². The highest BCUT2D eigenvalue weighted by molar-refractivity contribution is 6.31. The van der Waals surface area contributed by atoms with Gasteiger partial charge in [0.05, 0.1) is 5.69 Å². The molecular weight excluding hydrogens is 262 g/mol. The number of hydrogen-bond donors (Lipinski definition) is 1. The predicted molar refractivity (Wildman–Crippen MR) is 76.8 cm³/mol. The van der Waals surface area contributed by atoms with Crippen molar-refractivity contribution < 1.29 is 4.52 Å². The molecule has 2 heterocycles. The van der Waals surface area contributed by atoms with E-state index in [1.807, 2.05) is 19.1 Å². The second-order valence-electron chi connectivity index (χ2n) is 5.07. The number of piperazine rings is 1.